The number of hydrogen-bond donors (Lipinski definition) is 1. The predicted octanol–water partition coefficient (Wildman–Crippen LogP) is 2.05. The van der Waals surface area contributed by atoms with Gasteiger partial charge in [0.1, 0.15) is 0 Å². The lowest BCUT2D eigenvalue weighted by molar-refractivity contribution is -0.155. The van der Waals surface area contributed by atoms with Gasteiger partial charge in [-0.25, -0.2) is 0 Å². The van der Waals surface area contributed by atoms with Gasteiger partial charge >= 0.3 is 5.97 Å². The number of hydrogen-bond acceptors (Lipinski definition) is 3. The van der Waals surface area contributed by atoms with Crippen LogP contribution in [0.4, 0.5) is 0 Å². The van der Waals surface area contributed by atoms with Gasteiger partial charge in [0.15, 0.2) is 0 Å². The molecule has 1 amide bonds. The van der Waals surface area contributed by atoms with Gasteiger partial charge in [-0.05, 0) is 32.6 Å². The van der Waals surface area contributed by atoms with Gasteiger partial charge in [0, 0.05) is 26.6 Å². The zero-order chi connectivity index (χ0) is 14.8. The largest absolute Gasteiger partial charge is 0.481 e. The lowest BCUT2D eigenvalue weighted by Crippen LogP contribution is -2.50. The first-order valence-electron chi connectivity index (χ1n) is 7.47. The third-order valence-electron chi connectivity index (χ3n) is 5.01. The summed E-state index contributed by atoms with van der Waals surface area (Å²) in [5, 5.41) is 9.46. The highest BCUT2D eigenvalue weighted by molar-refractivity contribution is 5.85. The van der Waals surface area contributed by atoms with Crippen molar-refractivity contribution in [2.24, 2.45) is 5.41 Å². The minimum atomic E-state index is -0.821. The lowest BCUT2D eigenvalue weighted by Gasteiger charge is -2.40. The average Bonchev–Trinajstić information content (AvgIpc) is 2.89. The first-order chi connectivity index (χ1) is 9.41. The van der Waals surface area contributed by atoms with Crippen LogP contribution < -0.4 is 0 Å². The molecule has 114 valence electrons. The normalized spacial score (nSPS) is 29.4. The van der Waals surface area contributed by atoms with Crippen LogP contribution in [0.15, 0.2) is 0 Å². The van der Waals surface area contributed by atoms with Crippen LogP contribution in [0.1, 0.15) is 51.9 Å². The average molecular weight is 283 g/mol. The van der Waals surface area contributed by atoms with Crippen LogP contribution >= 0.6 is 0 Å². The Morgan fingerprint density at radius 2 is 1.85 bits per heavy atom. The minimum absolute atomic E-state index is 0.0303. The maximum Gasteiger partial charge on any atom is 0.310 e. The van der Waals surface area contributed by atoms with E-state index in [1.165, 1.54) is 0 Å². The monoisotopic (exact) mass is 283 g/mol. The van der Waals surface area contributed by atoms with Crippen molar-refractivity contribution < 1.29 is 19.4 Å². The van der Waals surface area contributed by atoms with Crippen LogP contribution in [0.5, 0.6) is 0 Å². The number of nitrogens with zero attached hydrogens (tertiary/aromatic N) is 1. The fraction of sp³-hybridized carbons (Fsp3) is 0.867. The molecule has 2 rings (SSSR count). The van der Waals surface area contributed by atoms with Gasteiger partial charge in [-0.2, -0.15) is 0 Å². The van der Waals surface area contributed by atoms with Crippen molar-refractivity contribution >= 4 is 11.9 Å². The molecule has 5 nitrogen and oxygen atoms in total. The van der Waals surface area contributed by atoms with Crippen molar-refractivity contribution in [3.05, 3.63) is 0 Å². The van der Waals surface area contributed by atoms with Crippen molar-refractivity contribution in [2.75, 3.05) is 20.2 Å². The molecule has 5 heteroatoms. The third kappa shape index (κ3) is 2.97. The fourth-order valence-electron chi connectivity index (χ4n) is 3.50. The molecule has 0 aromatic rings. The van der Waals surface area contributed by atoms with Crippen LogP contribution in [0, 0.1) is 5.41 Å². The van der Waals surface area contributed by atoms with Crippen LogP contribution in [-0.2, 0) is 14.3 Å². The van der Waals surface area contributed by atoms with Gasteiger partial charge < -0.3 is 14.7 Å². The van der Waals surface area contributed by atoms with Crippen molar-refractivity contribution in [1.29, 1.82) is 0 Å². The molecule has 1 saturated carbocycles. The molecule has 1 aliphatic carbocycles. The van der Waals surface area contributed by atoms with Crippen molar-refractivity contribution in [2.45, 2.75) is 57.5 Å². The summed E-state index contributed by atoms with van der Waals surface area (Å²) in [6.07, 6.45) is 5.08. The minimum Gasteiger partial charge on any atom is -0.481 e. The number of likely N-dealkylation sites (tertiary alicyclic amines) is 1. The standard InChI is InChI=1S/C15H25NO4/c1-14(20-2)6-5-9-16(11-14)12(17)10-15(13(18)19)7-3-4-8-15/h3-11H2,1-2H3,(H,18,19). The van der Waals surface area contributed by atoms with Gasteiger partial charge in [0.25, 0.3) is 0 Å². The predicted molar refractivity (Wildman–Crippen MR) is 74.4 cm³/mol. The third-order valence-corrected chi connectivity index (χ3v) is 5.01. The number of amides is 1. The molecule has 0 bridgehead atoms. The van der Waals surface area contributed by atoms with E-state index in [4.69, 9.17) is 4.74 Å². The van der Waals surface area contributed by atoms with E-state index in [0.29, 0.717) is 25.9 Å². The van der Waals surface area contributed by atoms with Gasteiger partial charge in [0.05, 0.1) is 11.0 Å². The molecule has 1 saturated heterocycles. The highest BCUT2D eigenvalue weighted by Gasteiger charge is 2.44. The fourth-order valence-corrected chi connectivity index (χ4v) is 3.50. The van der Waals surface area contributed by atoms with E-state index in [2.05, 4.69) is 0 Å². The highest BCUT2D eigenvalue weighted by atomic mass is 16.5. The second-order valence-corrected chi connectivity index (χ2v) is 6.54. The van der Waals surface area contributed by atoms with E-state index >= 15 is 0 Å². The molecular formula is C15H25NO4. The molecule has 0 aromatic carbocycles. The summed E-state index contributed by atoms with van der Waals surface area (Å²) in [4.78, 5) is 25.8. The molecule has 1 aliphatic heterocycles. The Morgan fingerprint density at radius 3 is 2.40 bits per heavy atom. The lowest BCUT2D eigenvalue weighted by atomic mass is 9.82. The summed E-state index contributed by atoms with van der Waals surface area (Å²) in [5.41, 5.74) is -1.11. The van der Waals surface area contributed by atoms with Crippen LogP contribution in [0.2, 0.25) is 0 Å². The number of piperidine rings is 1. The Balaban J connectivity index is 2.02. The van der Waals surface area contributed by atoms with Gasteiger partial charge in [-0.3, -0.25) is 9.59 Å². The number of carbonyl (C=O) groups is 2. The topological polar surface area (TPSA) is 66.8 Å². The van der Waals surface area contributed by atoms with E-state index in [9.17, 15) is 14.7 Å². The molecule has 0 spiro atoms. The number of methoxy groups -OCH3 is 1. The van der Waals surface area contributed by atoms with E-state index in [-0.39, 0.29) is 17.9 Å². The van der Waals surface area contributed by atoms with Crippen LogP contribution in [-0.4, -0.2) is 47.7 Å². The zero-order valence-corrected chi connectivity index (χ0v) is 12.5. The summed E-state index contributed by atoms with van der Waals surface area (Å²) in [5.74, 6) is -0.841. The summed E-state index contributed by atoms with van der Waals surface area (Å²) in [6.45, 7) is 3.29. The number of ether oxygens (including phenoxy) is 1. The summed E-state index contributed by atoms with van der Waals surface area (Å²) in [7, 11) is 1.67. The quantitative estimate of drug-likeness (QED) is 0.857. The molecule has 1 atom stereocenters. The highest BCUT2D eigenvalue weighted by Crippen LogP contribution is 2.42. The maximum absolute atomic E-state index is 12.5. The maximum atomic E-state index is 12.5. The van der Waals surface area contributed by atoms with Gasteiger partial charge in [-0.15, -0.1) is 0 Å². The smallest absolute Gasteiger partial charge is 0.310 e. The van der Waals surface area contributed by atoms with Gasteiger partial charge in [-0.1, -0.05) is 12.8 Å². The van der Waals surface area contributed by atoms with Crippen molar-refractivity contribution in [3.63, 3.8) is 0 Å². The molecule has 1 N–H and O–H groups in total. The zero-order valence-electron chi connectivity index (χ0n) is 12.5. The molecule has 1 unspecified atom stereocenters. The molecule has 2 aliphatic rings. The Labute approximate surface area is 120 Å². The molecule has 1 heterocycles. The number of carboxylic acid groups (broad SMARTS) is 1. The first kappa shape index (κ1) is 15.3. The van der Waals surface area contributed by atoms with E-state index in [1.807, 2.05) is 6.92 Å². The van der Waals surface area contributed by atoms with E-state index in [1.54, 1.807) is 12.0 Å². The summed E-state index contributed by atoms with van der Waals surface area (Å²) >= 11 is 0. The Morgan fingerprint density at radius 1 is 1.20 bits per heavy atom. The van der Waals surface area contributed by atoms with E-state index < -0.39 is 11.4 Å². The second kappa shape index (κ2) is 5.72. The first-order valence-corrected chi connectivity index (χ1v) is 7.47. The Bertz CT molecular complexity index is 389. The molecule has 2 fully saturated rings. The summed E-state index contributed by atoms with van der Waals surface area (Å²) < 4.78 is 5.49. The number of carbonyl (C=O) groups excluding carboxylic acids is 1. The van der Waals surface area contributed by atoms with Crippen molar-refractivity contribution in [3.8, 4) is 0 Å². The Kier molecular flexibility index (Phi) is 4.37. The number of carboxylic acids is 1. The molecule has 0 aromatic heterocycles. The second-order valence-electron chi connectivity index (χ2n) is 6.54. The molecule has 20 heavy (non-hydrogen) atoms. The molecule has 0 radical (unpaired) electrons. The van der Waals surface area contributed by atoms with Gasteiger partial charge in [0.2, 0.25) is 5.91 Å². The SMILES string of the molecule is COC1(C)CCCN(C(=O)CC2(C(=O)O)CCCC2)C1. The number of rotatable bonds is 4. The molecular weight excluding hydrogens is 258 g/mol. The number of aliphatic carboxylic acids is 1. The van der Waals surface area contributed by atoms with Crippen molar-refractivity contribution in [1.82, 2.24) is 4.90 Å². The Hall–Kier alpha value is -1.10. The summed E-state index contributed by atoms with van der Waals surface area (Å²) in [6, 6.07) is 0. The van der Waals surface area contributed by atoms with E-state index in [0.717, 1.165) is 25.7 Å². The van der Waals surface area contributed by atoms with Crippen LogP contribution in [0.25, 0.3) is 0 Å². The van der Waals surface area contributed by atoms with Crippen LogP contribution in [0.3, 0.4) is 0 Å².